The quantitative estimate of drug-likeness (QED) is 0.474. The minimum atomic E-state index is -0.735. The minimum absolute atomic E-state index is 0.0451. The molecule has 0 aliphatic carbocycles. The molecule has 1 aromatic carbocycles. The van der Waals surface area contributed by atoms with Gasteiger partial charge in [0.1, 0.15) is 0 Å². The van der Waals surface area contributed by atoms with E-state index in [4.69, 9.17) is 11.6 Å². The molecule has 3 aromatic rings. The zero-order chi connectivity index (χ0) is 19.2. The smallest absolute Gasteiger partial charge is 0.309 e. The van der Waals surface area contributed by atoms with Gasteiger partial charge < -0.3 is 10.6 Å². The summed E-state index contributed by atoms with van der Waals surface area (Å²) in [5, 5.41) is 9.26. The molecule has 0 fully saturated rings. The molecular formula is C19H15ClN2O3S2. The first-order valence-electron chi connectivity index (χ1n) is 7.99. The number of ketones is 1. The SMILES string of the molecule is O=C(NCc1ccc(C(=O)c2ccsc2)s1)C(=O)NCc1ccccc1Cl. The second-order valence-corrected chi connectivity index (χ2v) is 7.92. The molecule has 5 nitrogen and oxygen atoms in total. The van der Waals surface area contributed by atoms with E-state index in [1.54, 1.807) is 47.8 Å². The summed E-state index contributed by atoms with van der Waals surface area (Å²) in [5.41, 5.74) is 1.38. The van der Waals surface area contributed by atoms with Gasteiger partial charge in [-0.15, -0.1) is 11.3 Å². The maximum atomic E-state index is 12.3. The summed E-state index contributed by atoms with van der Waals surface area (Å²) in [4.78, 5) is 37.5. The number of nitrogens with one attached hydrogen (secondary N) is 2. The standard InChI is InChI=1S/C19H15ClN2O3S2/c20-15-4-2-1-3-12(15)9-21-18(24)19(25)22-10-14-5-6-16(27-14)17(23)13-7-8-26-11-13/h1-8,11H,9-10H2,(H,21,24)(H,22,25). The van der Waals surface area contributed by atoms with Crippen molar-refractivity contribution in [2.45, 2.75) is 13.1 Å². The van der Waals surface area contributed by atoms with Gasteiger partial charge in [-0.3, -0.25) is 14.4 Å². The summed E-state index contributed by atoms with van der Waals surface area (Å²) in [7, 11) is 0. The lowest BCUT2D eigenvalue weighted by atomic mass is 10.2. The maximum Gasteiger partial charge on any atom is 0.309 e. The van der Waals surface area contributed by atoms with Gasteiger partial charge in [0.05, 0.1) is 11.4 Å². The number of hydrogen-bond acceptors (Lipinski definition) is 5. The number of halogens is 1. The van der Waals surface area contributed by atoms with Crippen LogP contribution >= 0.6 is 34.3 Å². The van der Waals surface area contributed by atoms with E-state index >= 15 is 0 Å². The van der Waals surface area contributed by atoms with Gasteiger partial charge >= 0.3 is 11.8 Å². The van der Waals surface area contributed by atoms with E-state index in [2.05, 4.69) is 10.6 Å². The van der Waals surface area contributed by atoms with Crippen molar-refractivity contribution >= 4 is 51.9 Å². The van der Waals surface area contributed by atoms with Crippen LogP contribution in [0.2, 0.25) is 5.02 Å². The average molecular weight is 419 g/mol. The molecule has 138 valence electrons. The van der Waals surface area contributed by atoms with Crippen LogP contribution in [0.5, 0.6) is 0 Å². The Morgan fingerprint density at radius 1 is 0.926 bits per heavy atom. The van der Waals surface area contributed by atoms with E-state index in [9.17, 15) is 14.4 Å². The fourth-order valence-corrected chi connectivity index (χ4v) is 4.02. The summed E-state index contributed by atoms with van der Waals surface area (Å²) < 4.78 is 0. The molecule has 0 saturated carbocycles. The van der Waals surface area contributed by atoms with Crippen molar-refractivity contribution in [3.63, 3.8) is 0 Å². The molecule has 3 rings (SSSR count). The number of benzene rings is 1. The van der Waals surface area contributed by atoms with Gasteiger partial charge in [-0.25, -0.2) is 0 Å². The Labute approximate surface area is 169 Å². The molecule has 0 unspecified atom stereocenters. The van der Waals surface area contributed by atoms with Crippen LogP contribution < -0.4 is 10.6 Å². The lowest BCUT2D eigenvalue weighted by Gasteiger charge is -2.07. The number of hydrogen-bond donors (Lipinski definition) is 2. The normalized spacial score (nSPS) is 10.4. The molecule has 0 aliphatic rings. The van der Waals surface area contributed by atoms with E-state index in [0.717, 1.165) is 10.4 Å². The number of carbonyl (C=O) groups is 3. The van der Waals surface area contributed by atoms with Crippen molar-refractivity contribution < 1.29 is 14.4 Å². The molecule has 2 heterocycles. The molecule has 0 atom stereocenters. The highest BCUT2D eigenvalue weighted by atomic mass is 35.5. The predicted molar refractivity (Wildman–Crippen MR) is 107 cm³/mol. The Bertz CT molecular complexity index is 967. The first-order chi connectivity index (χ1) is 13.0. The Hall–Kier alpha value is -2.48. The highest BCUT2D eigenvalue weighted by Gasteiger charge is 2.15. The van der Waals surface area contributed by atoms with Crippen LogP contribution in [0.3, 0.4) is 0 Å². The first kappa shape index (κ1) is 19.3. The summed E-state index contributed by atoms with van der Waals surface area (Å²) in [6, 6.07) is 12.4. The first-order valence-corrected chi connectivity index (χ1v) is 10.1. The molecule has 2 N–H and O–H groups in total. The lowest BCUT2D eigenvalue weighted by Crippen LogP contribution is -2.39. The fraction of sp³-hybridized carbons (Fsp3) is 0.105. The Kier molecular flexibility index (Phi) is 6.39. The molecule has 2 amide bonds. The van der Waals surface area contributed by atoms with Crippen LogP contribution in [-0.4, -0.2) is 17.6 Å². The molecule has 0 radical (unpaired) electrons. The van der Waals surface area contributed by atoms with Gasteiger partial charge in [0.2, 0.25) is 5.78 Å². The van der Waals surface area contributed by atoms with Gasteiger partial charge in [-0.2, -0.15) is 11.3 Å². The highest BCUT2D eigenvalue weighted by molar-refractivity contribution is 7.14. The average Bonchev–Trinajstić information content (AvgIpc) is 3.36. The zero-order valence-electron chi connectivity index (χ0n) is 14.0. The molecule has 27 heavy (non-hydrogen) atoms. The third-order valence-corrected chi connectivity index (χ3v) is 5.83. The number of rotatable bonds is 6. The van der Waals surface area contributed by atoms with E-state index in [1.165, 1.54) is 22.7 Å². The van der Waals surface area contributed by atoms with Gasteiger partial charge in [0.15, 0.2) is 0 Å². The molecular weight excluding hydrogens is 404 g/mol. The molecule has 2 aromatic heterocycles. The van der Waals surface area contributed by atoms with Crippen molar-refractivity contribution in [1.29, 1.82) is 0 Å². The lowest BCUT2D eigenvalue weighted by molar-refractivity contribution is -0.139. The number of amides is 2. The van der Waals surface area contributed by atoms with E-state index in [0.29, 0.717) is 15.5 Å². The highest BCUT2D eigenvalue weighted by Crippen LogP contribution is 2.21. The van der Waals surface area contributed by atoms with Crippen LogP contribution in [0.25, 0.3) is 0 Å². The third kappa shape index (κ3) is 5.03. The molecule has 8 heteroatoms. The zero-order valence-corrected chi connectivity index (χ0v) is 16.4. The minimum Gasteiger partial charge on any atom is -0.344 e. The number of thiophene rings is 2. The Balaban J connectivity index is 1.49. The largest absolute Gasteiger partial charge is 0.344 e. The van der Waals surface area contributed by atoms with Crippen LogP contribution in [-0.2, 0) is 22.7 Å². The second-order valence-electron chi connectivity index (χ2n) is 5.56. The van der Waals surface area contributed by atoms with Crippen molar-refractivity contribution in [2.75, 3.05) is 0 Å². The summed E-state index contributed by atoms with van der Waals surface area (Å²) >= 11 is 8.78. The van der Waals surface area contributed by atoms with Crippen molar-refractivity contribution in [1.82, 2.24) is 10.6 Å². The molecule has 0 saturated heterocycles. The Morgan fingerprint density at radius 2 is 1.67 bits per heavy atom. The van der Waals surface area contributed by atoms with Crippen LogP contribution in [0.4, 0.5) is 0 Å². The van der Waals surface area contributed by atoms with E-state index in [-0.39, 0.29) is 18.9 Å². The van der Waals surface area contributed by atoms with Crippen LogP contribution in [0, 0.1) is 0 Å². The van der Waals surface area contributed by atoms with Gasteiger partial charge in [-0.05, 0) is 35.2 Å². The van der Waals surface area contributed by atoms with Crippen molar-refractivity contribution in [3.8, 4) is 0 Å². The van der Waals surface area contributed by atoms with Crippen LogP contribution in [0.15, 0.2) is 53.2 Å². The fourth-order valence-electron chi connectivity index (χ4n) is 2.28. The topological polar surface area (TPSA) is 75.3 Å². The summed E-state index contributed by atoms with van der Waals surface area (Å²) in [6.45, 7) is 0.351. The monoisotopic (exact) mass is 418 g/mol. The third-order valence-electron chi connectivity index (χ3n) is 3.70. The predicted octanol–water partition coefficient (Wildman–Crippen LogP) is 3.63. The molecule has 0 spiro atoms. The maximum absolute atomic E-state index is 12.3. The molecule has 0 bridgehead atoms. The summed E-state index contributed by atoms with van der Waals surface area (Å²) in [6.07, 6.45) is 0. The van der Waals surface area contributed by atoms with E-state index < -0.39 is 11.8 Å². The van der Waals surface area contributed by atoms with Crippen molar-refractivity contribution in [3.05, 3.63) is 79.1 Å². The second kappa shape index (κ2) is 8.94. The van der Waals surface area contributed by atoms with Crippen molar-refractivity contribution in [2.24, 2.45) is 0 Å². The van der Waals surface area contributed by atoms with Gasteiger partial charge in [0, 0.05) is 27.4 Å². The number of carbonyl (C=O) groups excluding carboxylic acids is 3. The Morgan fingerprint density at radius 3 is 2.37 bits per heavy atom. The van der Waals surface area contributed by atoms with E-state index in [1.807, 2.05) is 5.38 Å². The van der Waals surface area contributed by atoms with Crippen LogP contribution in [0.1, 0.15) is 25.7 Å². The van der Waals surface area contributed by atoms with Gasteiger partial charge in [0.25, 0.3) is 0 Å². The molecule has 0 aliphatic heterocycles. The summed E-state index contributed by atoms with van der Waals surface area (Å²) in [5.74, 6) is -1.52. The van der Waals surface area contributed by atoms with Gasteiger partial charge in [-0.1, -0.05) is 29.8 Å².